The number of hydrogen-bond donors (Lipinski definition) is 2. The highest BCUT2D eigenvalue weighted by Gasteiger charge is 2.34. The summed E-state index contributed by atoms with van der Waals surface area (Å²) in [7, 11) is 0. The number of aliphatic carboxylic acids is 2. The first-order valence-electron chi connectivity index (χ1n) is 10.5. The first-order chi connectivity index (χ1) is 14.5. The van der Waals surface area contributed by atoms with Crippen LogP contribution in [0.25, 0.3) is 0 Å². The van der Waals surface area contributed by atoms with Crippen LogP contribution in [0.3, 0.4) is 0 Å². The molecule has 2 unspecified atom stereocenters. The Morgan fingerprint density at radius 2 is 1.53 bits per heavy atom. The molecule has 0 aromatic carbocycles. The van der Waals surface area contributed by atoms with Crippen LogP contribution in [0, 0.1) is 11.8 Å². The van der Waals surface area contributed by atoms with E-state index in [0.29, 0.717) is 50.6 Å². The van der Waals surface area contributed by atoms with Crippen molar-refractivity contribution in [2.45, 2.75) is 64.2 Å². The van der Waals surface area contributed by atoms with E-state index in [0.717, 1.165) is 36.8 Å². The van der Waals surface area contributed by atoms with Gasteiger partial charge in [-0.15, -0.1) is 0 Å². The highest BCUT2D eigenvalue weighted by Crippen LogP contribution is 2.42. The molecule has 0 bridgehead atoms. The zero-order chi connectivity index (χ0) is 21.9. The third kappa shape index (κ3) is 6.09. The van der Waals surface area contributed by atoms with Crippen molar-refractivity contribution in [1.82, 2.24) is 0 Å². The minimum atomic E-state index is -1.18. The Morgan fingerprint density at radius 1 is 0.900 bits per heavy atom. The van der Waals surface area contributed by atoms with Crippen LogP contribution in [0.5, 0.6) is 0 Å². The topological polar surface area (TPSA) is 133 Å². The Balaban J connectivity index is 2.63. The third-order valence-electron chi connectivity index (χ3n) is 6.06. The van der Waals surface area contributed by atoms with Crippen molar-refractivity contribution < 1.29 is 29.4 Å². The monoisotopic (exact) mass is 416 g/mol. The van der Waals surface area contributed by atoms with Crippen LogP contribution < -0.4 is 0 Å². The van der Waals surface area contributed by atoms with Crippen molar-refractivity contribution in [2.24, 2.45) is 21.8 Å². The van der Waals surface area contributed by atoms with Gasteiger partial charge in [-0.1, -0.05) is 18.4 Å². The lowest BCUT2D eigenvalue weighted by Gasteiger charge is -2.24. The SMILES string of the molecule is O=C=NCCC1=C(C2=C(C(=O)O)C(C(=O)O)CCCC2)CCCCC1CCN=C=O. The quantitative estimate of drug-likeness (QED) is 0.436. The number of nitrogens with zero attached hydrogens (tertiary/aromatic N) is 2. The van der Waals surface area contributed by atoms with Crippen LogP contribution in [0.4, 0.5) is 0 Å². The molecule has 2 N–H and O–H groups in total. The predicted octanol–water partition coefficient (Wildman–Crippen LogP) is 3.58. The van der Waals surface area contributed by atoms with Gasteiger partial charge in [-0.25, -0.2) is 24.4 Å². The van der Waals surface area contributed by atoms with Gasteiger partial charge in [0.05, 0.1) is 24.6 Å². The van der Waals surface area contributed by atoms with Gasteiger partial charge < -0.3 is 10.2 Å². The Hall–Kier alpha value is -2.82. The molecule has 2 atom stereocenters. The fourth-order valence-corrected chi connectivity index (χ4v) is 4.76. The van der Waals surface area contributed by atoms with Gasteiger partial charge in [0, 0.05) is 0 Å². The Bertz CT molecular complexity index is 815. The maximum atomic E-state index is 12.1. The first-order valence-corrected chi connectivity index (χ1v) is 10.5. The highest BCUT2D eigenvalue weighted by atomic mass is 16.4. The summed E-state index contributed by atoms with van der Waals surface area (Å²) in [5.74, 6) is -3.23. The van der Waals surface area contributed by atoms with Crippen LogP contribution in [0.2, 0.25) is 0 Å². The van der Waals surface area contributed by atoms with E-state index in [9.17, 15) is 29.4 Å². The maximum Gasteiger partial charge on any atom is 0.332 e. The van der Waals surface area contributed by atoms with Crippen LogP contribution in [0.15, 0.2) is 32.3 Å². The summed E-state index contributed by atoms with van der Waals surface area (Å²) in [6.07, 6.45) is 9.79. The molecule has 0 aromatic rings. The molecule has 0 saturated heterocycles. The molecular weight excluding hydrogens is 388 g/mol. The number of isocyanates is 2. The number of carboxylic acids is 2. The van der Waals surface area contributed by atoms with E-state index in [1.807, 2.05) is 0 Å². The zero-order valence-electron chi connectivity index (χ0n) is 17.1. The lowest BCUT2D eigenvalue weighted by atomic mass is 9.81. The van der Waals surface area contributed by atoms with Gasteiger partial charge in [0.15, 0.2) is 0 Å². The van der Waals surface area contributed by atoms with E-state index < -0.39 is 17.9 Å². The molecule has 0 spiro atoms. The van der Waals surface area contributed by atoms with Gasteiger partial charge in [0.25, 0.3) is 0 Å². The molecule has 162 valence electrons. The van der Waals surface area contributed by atoms with Crippen molar-refractivity contribution in [3.8, 4) is 0 Å². The average molecular weight is 416 g/mol. The Kier molecular flexibility index (Phi) is 9.39. The van der Waals surface area contributed by atoms with Crippen molar-refractivity contribution in [1.29, 1.82) is 0 Å². The standard InChI is InChI=1S/C22H28N2O6/c25-13-23-11-9-15-5-1-2-6-17(16(15)10-12-24-14-26)18-7-3-4-8-19(21(27)28)20(18)22(29)30/h15,19H,1-12H2,(H,27,28)(H,29,30). The summed E-state index contributed by atoms with van der Waals surface area (Å²) in [6.45, 7) is 0.568. The summed E-state index contributed by atoms with van der Waals surface area (Å²) in [5, 5.41) is 19.6. The summed E-state index contributed by atoms with van der Waals surface area (Å²) < 4.78 is 0. The third-order valence-corrected chi connectivity index (χ3v) is 6.06. The largest absolute Gasteiger partial charge is 0.481 e. The molecule has 0 fully saturated rings. The second-order valence-corrected chi connectivity index (χ2v) is 7.77. The molecule has 2 rings (SSSR count). The maximum absolute atomic E-state index is 12.1. The fourth-order valence-electron chi connectivity index (χ4n) is 4.76. The molecule has 0 amide bonds. The van der Waals surface area contributed by atoms with Crippen LogP contribution in [-0.4, -0.2) is 47.4 Å². The van der Waals surface area contributed by atoms with Crippen molar-refractivity contribution >= 4 is 24.1 Å². The Morgan fingerprint density at radius 3 is 2.17 bits per heavy atom. The van der Waals surface area contributed by atoms with Gasteiger partial charge in [-0.05, 0) is 68.4 Å². The van der Waals surface area contributed by atoms with Gasteiger partial charge in [0.2, 0.25) is 12.2 Å². The minimum absolute atomic E-state index is 0.00190. The molecule has 0 saturated carbocycles. The zero-order valence-corrected chi connectivity index (χ0v) is 17.1. The molecule has 0 heterocycles. The smallest absolute Gasteiger partial charge is 0.332 e. The van der Waals surface area contributed by atoms with Crippen molar-refractivity contribution in [3.63, 3.8) is 0 Å². The van der Waals surface area contributed by atoms with Crippen LogP contribution >= 0.6 is 0 Å². The van der Waals surface area contributed by atoms with Gasteiger partial charge in [-0.3, -0.25) is 4.79 Å². The molecule has 8 nitrogen and oxygen atoms in total. The molecule has 0 radical (unpaired) electrons. The summed E-state index contributed by atoms with van der Waals surface area (Å²) in [4.78, 5) is 52.4. The lowest BCUT2D eigenvalue weighted by Crippen LogP contribution is -2.23. The molecule has 2 aliphatic carbocycles. The van der Waals surface area contributed by atoms with Gasteiger partial charge in [0.1, 0.15) is 0 Å². The minimum Gasteiger partial charge on any atom is -0.481 e. The van der Waals surface area contributed by atoms with Crippen molar-refractivity contribution in [3.05, 3.63) is 22.3 Å². The molecule has 0 aliphatic heterocycles. The average Bonchev–Trinajstić information content (AvgIpc) is 3.05. The van der Waals surface area contributed by atoms with E-state index in [4.69, 9.17) is 0 Å². The highest BCUT2D eigenvalue weighted by molar-refractivity contribution is 5.95. The Labute approximate surface area is 175 Å². The van der Waals surface area contributed by atoms with Gasteiger partial charge in [-0.2, -0.15) is 0 Å². The van der Waals surface area contributed by atoms with E-state index in [1.54, 1.807) is 12.2 Å². The molecule has 30 heavy (non-hydrogen) atoms. The number of carbonyl (C=O) groups excluding carboxylic acids is 2. The lowest BCUT2D eigenvalue weighted by molar-refractivity contribution is -0.144. The number of carboxylic acid groups (broad SMARTS) is 2. The number of hydrogen-bond acceptors (Lipinski definition) is 6. The van der Waals surface area contributed by atoms with E-state index in [1.165, 1.54) is 0 Å². The molecule has 8 heteroatoms. The number of aliphatic imine (C=N–C) groups is 2. The van der Waals surface area contributed by atoms with Gasteiger partial charge >= 0.3 is 11.9 Å². The summed E-state index contributed by atoms with van der Waals surface area (Å²) in [6, 6.07) is 0. The second-order valence-electron chi connectivity index (χ2n) is 7.77. The normalized spacial score (nSPS) is 22.4. The number of carbonyl (C=O) groups is 2. The number of rotatable bonds is 9. The van der Waals surface area contributed by atoms with E-state index in [2.05, 4.69) is 9.98 Å². The molecule has 2 aliphatic rings. The fraction of sp³-hybridized carbons (Fsp3) is 0.636. The van der Waals surface area contributed by atoms with Crippen molar-refractivity contribution in [2.75, 3.05) is 13.1 Å². The second kappa shape index (κ2) is 12.0. The summed E-state index contributed by atoms with van der Waals surface area (Å²) >= 11 is 0. The predicted molar refractivity (Wildman–Crippen MR) is 108 cm³/mol. The number of allylic oxidation sites excluding steroid dienone is 2. The first kappa shape index (κ1) is 23.5. The van der Waals surface area contributed by atoms with E-state index in [-0.39, 0.29) is 18.0 Å². The van der Waals surface area contributed by atoms with Crippen LogP contribution in [-0.2, 0) is 19.2 Å². The molecule has 0 aromatic heterocycles. The van der Waals surface area contributed by atoms with E-state index >= 15 is 0 Å². The van der Waals surface area contributed by atoms with Crippen LogP contribution in [0.1, 0.15) is 64.2 Å². The molecular formula is C22H28N2O6. The summed E-state index contributed by atoms with van der Waals surface area (Å²) in [5.41, 5.74) is 2.58.